The minimum Gasteiger partial charge on any atom is -0.456 e. The topological polar surface area (TPSA) is 38.7 Å². The van der Waals surface area contributed by atoms with Crippen LogP contribution in [0.3, 0.4) is 0 Å². The third-order valence-corrected chi connectivity index (χ3v) is 1.21. The summed E-state index contributed by atoms with van der Waals surface area (Å²) in [6.45, 7) is 7.45. The van der Waals surface area contributed by atoms with Crippen molar-refractivity contribution in [2.24, 2.45) is 5.16 Å². The lowest BCUT2D eigenvalue weighted by atomic mass is 10.5. The smallest absolute Gasteiger partial charge is 0.278 e. The summed E-state index contributed by atoms with van der Waals surface area (Å²) in [4.78, 5) is 10.3. The molecule has 0 saturated carbocycles. The van der Waals surface area contributed by atoms with Crippen LogP contribution in [0.2, 0.25) is 19.6 Å². The molecule has 10 heavy (non-hydrogen) atoms. The molecular formula is C6H13NO2Si. The number of carbonyl (C=O) groups is 1. The van der Waals surface area contributed by atoms with Crippen LogP contribution in [-0.4, -0.2) is 20.3 Å². The molecule has 0 aromatic heterocycles. The van der Waals surface area contributed by atoms with E-state index in [1.54, 1.807) is 0 Å². The summed E-state index contributed by atoms with van der Waals surface area (Å²) in [5, 5.41) is 3.53. The molecule has 0 atom stereocenters. The van der Waals surface area contributed by atoms with Gasteiger partial charge in [0.2, 0.25) is 0 Å². The lowest BCUT2D eigenvalue weighted by molar-refractivity contribution is -0.110. The van der Waals surface area contributed by atoms with Crippen molar-refractivity contribution in [1.82, 2.24) is 0 Å². The monoisotopic (exact) mass is 159 g/mol. The summed E-state index contributed by atoms with van der Waals surface area (Å²) in [6, 6.07) is 0. The van der Waals surface area contributed by atoms with E-state index in [4.69, 9.17) is 4.53 Å². The maximum absolute atomic E-state index is 10.3. The van der Waals surface area contributed by atoms with Gasteiger partial charge in [-0.15, -0.1) is 5.16 Å². The molecule has 0 radical (unpaired) electrons. The van der Waals surface area contributed by atoms with Crippen LogP contribution < -0.4 is 0 Å². The Morgan fingerprint density at radius 1 is 1.50 bits per heavy atom. The van der Waals surface area contributed by atoms with Crippen LogP contribution in [0, 0.1) is 0 Å². The van der Waals surface area contributed by atoms with E-state index >= 15 is 0 Å². The van der Waals surface area contributed by atoms with Gasteiger partial charge < -0.3 is 4.53 Å². The van der Waals surface area contributed by atoms with E-state index in [1.165, 1.54) is 13.1 Å². The van der Waals surface area contributed by atoms with E-state index in [-0.39, 0.29) is 5.78 Å². The predicted octanol–water partition coefficient (Wildman–Crippen LogP) is 1.41. The molecule has 0 aliphatic carbocycles. The number of ketones is 1. The summed E-state index contributed by atoms with van der Waals surface area (Å²) in [7, 11) is -1.57. The third-order valence-electron chi connectivity index (χ3n) is 0.561. The largest absolute Gasteiger partial charge is 0.456 e. The second kappa shape index (κ2) is 3.51. The Hall–Kier alpha value is -0.643. The van der Waals surface area contributed by atoms with Crippen LogP contribution >= 0.6 is 0 Å². The molecule has 3 nitrogen and oxygen atoms in total. The quantitative estimate of drug-likeness (QED) is 0.355. The van der Waals surface area contributed by atoms with Gasteiger partial charge in [0, 0.05) is 6.92 Å². The van der Waals surface area contributed by atoms with Crippen LogP contribution in [-0.2, 0) is 9.32 Å². The summed E-state index contributed by atoms with van der Waals surface area (Å²) < 4.78 is 5.03. The summed E-state index contributed by atoms with van der Waals surface area (Å²) >= 11 is 0. The van der Waals surface area contributed by atoms with Crippen LogP contribution in [0.5, 0.6) is 0 Å². The van der Waals surface area contributed by atoms with Crippen molar-refractivity contribution in [2.75, 3.05) is 0 Å². The molecule has 0 N–H and O–H groups in total. The molecule has 0 aliphatic rings. The van der Waals surface area contributed by atoms with Crippen LogP contribution in [0.15, 0.2) is 5.16 Å². The van der Waals surface area contributed by atoms with Crippen molar-refractivity contribution in [3.8, 4) is 0 Å². The molecule has 0 fully saturated rings. The Morgan fingerprint density at radius 3 is 2.30 bits per heavy atom. The van der Waals surface area contributed by atoms with E-state index in [9.17, 15) is 4.79 Å². The van der Waals surface area contributed by atoms with Gasteiger partial charge in [-0.05, 0) is 19.6 Å². The number of hydrogen-bond acceptors (Lipinski definition) is 3. The van der Waals surface area contributed by atoms with Gasteiger partial charge in [0.05, 0.1) is 0 Å². The van der Waals surface area contributed by atoms with Gasteiger partial charge in [0.25, 0.3) is 8.32 Å². The van der Waals surface area contributed by atoms with Crippen LogP contribution in [0.25, 0.3) is 0 Å². The zero-order valence-corrected chi connectivity index (χ0v) is 7.84. The number of carbonyl (C=O) groups excluding carboxylic acids is 1. The van der Waals surface area contributed by atoms with Gasteiger partial charge in [-0.1, -0.05) is 0 Å². The first kappa shape index (κ1) is 9.36. The minimum absolute atomic E-state index is 0.0850. The Kier molecular flexibility index (Phi) is 3.28. The fourth-order valence-corrected chi connectivity index (χ4v) is 0.628. The highest BCUT2D eigenvalue weighted by molar-refractivity contribution is 6.69. The van der Waals surface area contributed by atoms with Crippen LogP contribution in [0.1, 0.15) is 6.92 Å². The fourth-order valence-electron chi connectivity index (χ4n) is 0.259. The molecular weight excluding hydrogens is 146 g/mol. The highest BCUT2D eigenvalue weighted by Crippen LogP contribution is 2.01. The highest BCUT2D eigenvalue weighted by atomic mass is 28.4. The molecule has 4 heteroatoms. The average Bonchev–Trinajstić information content (AvgIpc) is 1.59. The minimum atomic E-state index is -1.57. The van der Waals surface area contributed by atoms with E-state index in [0.29, 0.717) is 0 Å². The average molecular weight is 159 g/mol. The van der Waals surface area contributed by atoms with Gasteiger partial charge in [-0.2, -0.15) is 0 Å². The zero-order chi connectivity index (χ0) is 8.20. The van der Waals surface area contributed by atoms with Crippen molar-refractivity contribution in [1.29, 1.82) is 0 Å². The number of oxime groups is 1. The van der Waals surface area contributed by atoms with E-state index in [2.05, 4.69) is 5.16 Å². The first-order chi connectivity index (χ1) is 4.42. The maximum atomic E-state index is 10.3. The van der Waals surface area contributed by atoms with Gasteiger partial charge in [0.1, 0.15) is 6.21 Å². The molecule has 0 aliphatic heterocycles. The third kappa shape index (κ3) is 7.36. The molecule has 0 spiro atoms. The Balaban J connectivity index is 3.64. The van der Waals surface area contributed by atoms with Crippen molar-refractivity contribution in [3.05, 3.63) is 0 Å². The molecule has 0 heterocycles. The van der Waals surface area contributed by atoms with E-state index in [1.807, 2.05) is 19.6 Å². The Morgan fingerprint density at radius 2 is 2.00 bits per heavy atom. The summed E-state index contributed by atoms with van der Waals surface area (Å²) in [6.07, 6.45) is 1.19. The Labute approximate surface area is 62.2 Å². The maximum Gasteiger partial charge on any atom is 0.278 e. The first-order valence-electron chi connectivity index (χ1n) is 3.14. The second-order valence-electron chi connectivity index (χ2n) is 3.05. The van der Waals surface area contributed by atoms with Crippen molar-refractivity contribution in [2.45, 2.75) is 26.6 Å². The van der Waals surface area contributed by atoms with Gasteiger partial charge in [-0.25, -0.2) is 0 Å². The van der Waals surface area contributed by atoms with Gasteiger partial charge >= 0.3 is 0 Å². The van der Waals surface area contributed by atoms with E-state index < -0.39 is 8.32 Å². The Bertz CT molecular complexity index is 148. The standard InChI is InChI=1S/C6H13NO2Si/c1-6(8)5-7-9-10(2,3)4/h5H,1-4H3. The van der Waals surface area contributed by atoms with Gasteiger partial charge in [-0.3, -0.25) is 4.79 Å². The summed E-state index contributed by atoms with van der Waals surface area (Å²) in [5.41, 5.74) is 0. The molecule has 0 bridgehead atoms. The normalized spacial score (nSPS) is 12.0. The zero-order valence-electron chi connectivity index (χ0n) is 6.84. The van der Waals surface area contributed by atoms with Crippen LogP contribution in [0.4, 0.5) is 0 Å². The highest BCUT2D eigenvalue weighted by Gasteiger charge is 2.15. The molecule has 0 amide bonds. The lowest BCUT2D eigenvalue weighted by Gasteiger charge is -2.11. The number of nitrogens with zero attached hydrogens (tertiary/aromatic N) is 1. The predicted molar refractivity (Wildman–Crippen MR) is 43.6 cm³/mol. The fraction of sp³-hybridized carbons (Fsp3) is 0.667. The van der Waals surface area contributed by atoms with Crippen molar-refractivity contribution >= 4 is 20.3 Å². The molecule has 0 rings (SSSR count). The SMILES string of the molecule is CC(=O)C=NO[Si](C)(C)C. The first-order valence-corrected chi connectivity index (χ1v) is 6.55. The summed E-state index contributed by atoms with van der Waals surface area (Å²) in [5.74, 6) is -0.0850. The number of hydrogen-bond donors (Lipinski definition) is 0. The molecule has 0 unspecified atom stereocenters. The molecule has 0 saturated heterocycles. The number of Topliss-reactive ketones (excluding diaryl/α,β-unsaturated/α-hetero) is 1. The number of rotatable bonds is 3. The van der Waals surface area contributed by atoms with E-state index in [0.717, 1.165) is 0 Å². The molecule has 0 aromatic carbocycles. The van der Waals surface area contributed by atoms with Crippen molar-refractivity contribution in [3.63, 3.8) is 0 Å². The van der Waals surface area contributed by atoms with Gasteiger partial charge in [0.15, 0.2) is 5.78 Å². The second-order valence-corrected chi connectivity index (χ2v) is 7.46. The molecule has 0 aromatic rings. The molecule has 58 valence electrons. The lowest BCUT2D eigenvalue weighted by Crippen LogP contribution is -2.22. The van der Waals surface area contributed by atoms with Crippen molar-refractivity contribution < 1.29 is 9.32 Å².